The predicted octanol–water partition coefficient (Wildman–Crippen LogP) is 10.1. The smallest absolute Gasteiger partial charge is 0.497 e. The van der Waals surface area contributed by atoms with Gasteiger partial charge in [-0.15, -0.1) is 0 Å². The van der Waals surface area contributed by atoms with Crippen LogP contribution < -0.4 is 9.47 Å². The fraction of sp³-hybridized carbons (Fsp3) is 0.500. The van der Waals surface area contributed by atoms with Crippen molar-refractivity contribution in [2.24, 2.45) is 22.7 Å². The van der Waals surface area contributed by atoms with Crippen LogP contribution in [-0.2, 0) is 75.0 Å². The molecule has 5 aliphatic rings. The summed E-state index contributed by atoms with van der Waals surface area (Å²) < 4.78 is 73.8. The number of ketones is 1. The molecule has 21 heteroatoms. The predicted molar refractivity (Wildman–Crippen MR) is 309 cm³/mol. The zero-order valence-corrected chi connectivity index (χ0v) is 51.1. The number of ether oxygens (including phenoxy) is 12. The summed E-state index contributed by atoms with van der Waals surface area (Å²) in [6.45, 7) is 15.2. The number of hydrogen-bond acceptors (Lipinski definition) is 20. The maximum atomic E-state index is 16.8. The van der Waals surface area contributed by atoms with E-state index in [4.69, 9.17) is 56.8 Å². The first-order chi connectivity index (χ1) is 41.2. The highest BCUT2D eigenvalue weighted by atomic mass is 16.7. The van der Waals surface area contributed by atoms with E-state index < -0.39 is 138 Å². The van der Waals surface area contributed by atoms with E-state index in [1.54, 1.807) is 139 Å². The van der Waals surface area contributed by atoms with Crippen LogP contribution in [0.4, 0.5) is 14.4 Å². The number of carbonyl (C=O) groups is 7. The number of fused-ring (bicyclic) bond motifs is 5. The Hall–Kier alpha value is -8.01. The number of amides is 1. The topological polar surface area (TPSA) is 254 Å². The highest BCUT2D eigenvalue weighted by Gasteiger charge is 2.79. The highest BCUT2D eigenvalue weighted by molar-refractivity contribution is 5.96. The molecule has 4 aromatic rings. The van der Waals surface area contributed by atoms with Crippen LogP contribution in [0, 0.1) is 22.7 Å². The van der Waals surface area contributed by atoms with Gasteiger partial charge in [0.05, 0.1) is 43.8 Å². The molecule has 2 saturated heterocycles. The van der Waals surface area contributed by atoms with Gasteiger partial charge in [0, 0.05) is 36.8 Å². The second-order valence-electron chi connectivity index (χ2n) is 24.9. The number of benzene rings is 4. The van der Waals surface area contributed by atoms with E-state index in [1.807, 2.05) is 13.8 Å². The quantitative estimate of drug-likeness (QED) is 0.0622. The van der Waals surface area contributed by atoms with Crippen molar-refractivity contribution < 1.29 is 95.5 Å². The Kier molecular flexibility index (Phi) is 18.2. The van der Waals surface area contributed by atoms with Gasteiger partial charge >= 0.3 is 36.3 Å². The van der Waals surface area contributed by atoms with Crippen LogP contribution in [0.5, 0.6) is 11.5 Å². The zero-order chi connectivity index (χ0) is 63.0. The molecule has 2 heterocycles. The molecule has 0 radical (unpaired) electrons. The van der Waals surface area contributed by atoms with Gasteiger partial charge in [0.25, 0.3) is 0 Å². The van der Waals surface area contributed by atoms with E-state index in [9.17, 15) is 29.1 Å². The summed E-state index contributed by atoms with van der Waals surface area (Å²) in [5.41, 5.74) is -8.09. The molecule has 2 unspecified atom stereocenters. The number of Topliss-reactive ketones (excluding diaryl/α,β-unsaturated/α-hetero) is 1. The fourth-order valence-corrected chi connectivity index (χ4v) is 13.3. The van der Waals surface area contributed by atoms with Gasteiger partial charge < -0.3 is 61.9 Å². The second kappa shape index (κ2) is 25.0. The molecule has 1 amide bonds. The Morgan fingerprint density at radius 3 is 1.92 bits per heavy atom. The summed E-state index contributed by atoms with van der Waals surface area (Å²) >= 11 is 0. The molecular weight excluding hydrogens is 1130 g/mol. The molecule has 3 aliphatic carbocycles. The normalized spacial score (nSPS) is 28.9. The number of carbonyl (C=O) groups excluding carboxylic acids is 7. The number of methoxy groups -OCH3 is 2. The van der Waals surface area contributed by atoms with Crippen molar-refractivity contribution in [3.05, 3.63) is 143 Å². The van der Waals surface area contributed by atoms with Crippen molar-refractivity contribution in [2.75, 3.05) is 20.8 Å². The average molecular weight is 1200 g/mol. The summed E-state index contributed by atoms with van der Waals surface area (Å²) in [6, 6.07) is 29.1. The molecule has 2 saturated carbocycles. The van der Waals surface area contributed by atoms with E-state index >= 15 is 9.59 Å². The number of rotatable bonds is 16. The average Bonchev–Trinajstić information content (AvgIpc) is 1.03. The number of hydrogen-bond donors (Lipinski definition) is 1. The van der Waals surface area contributed by atoms with E-state index in [0.29, 0.717) is 22.4 Å². The van der Waals surface area contributed by atoms with Gasteiger partial charge in [-0.25, -0.2) is 24.0 Å². The Bertz CT molecular complexity index is 3250. The third-order valence-electron chi connectivity index (χ3n) is 17.5. The molecule has 4 aromatic carbocycles. The Balaban J connectivity index is 1.23. The molecule has 0 spiro atoms. The first-order valence-corrected chi connectivity index (χ1v) is 29.1. The van der Waals surface area contributed by atoms with Gasteiger partial charge in [-0.05, 0) is 93.5 Å². The van der Waals surface area contributed by atoms with E-state index in [-0.39, 0.29) is 54.4 Å². The number of nitrogens with zero attached hydrogens (tertiary/aromatic N) is 1. The molecule has 9 rings (SSSR count). The van der Waals surface area contributed by atoms with Crippen molar-refractivity contribution in [1.29, 1.82) is 0 Å². The van der Waals surface area contributed by atoms with E-state index in [2.05, 4.69) is 0 Å². The van der Waals surface area contributed by atoms with Gasteiger partial charge in [-0.2, -0.15) is 0 Å². The van der Waals surface area contributed by atoms with Gasteiger partial charge in [0.2, 0.25) is 0 Å². The molecule has 1 N–H and O–H groups in total. The minimum atomic E-state index is -2.56. The summed E-state index contributed by atoms with van der Waals surface area (Å²) in [4.78, 5) is 106. The maximum Gasteiger partial charge on any atom is 0.509 e. The second-order valence-corrected chi connectivity index (χ2v) is 24.9. The first-order valence-electron chi connectivity index (χ1n) is 29.1. The van der Waals surface area contributed by atoms with Crippen LogP contribution in [0.3, 0.4) is 0 Å². The molecule has 87 heavy (non-hydrogen) atoms. The molecule has 466 valence electrons. The molecular formula is C66H77NO20. The van der Waals surface area contributed by atoms with E-state index in [0.717, 1.165) is 6.92 Å². The molecule has 2 bridgehead atoms. The Morgan fingerprint density at radius 1 is 0.782 bits per heavy atom. The number of esters is 3. The first kappa shape index (κ1) is 63.5. The maximum absolute atomic E-state index is 16.8. The van der Waals surface area contributed by atoms with Crippen molar-refractivity contribution in [2.45, 2.75) is 167 Å². The van der Waals surface area contributed by atoms with Crippen LogP contribution in [0.25, 0.3) is 0 Å². The SMILES string of the molecule is COc1ccc(C2O[C@@H](C(=O)O[C@H]3C[C@@]4(O)[C@@H](OC(=O)c5ccccc5)C5[C@](C)(C(=O)[C@H](OC(=O)OCc6ccccc6)C(=C3C)C4(C)C)[C@@H](OC(=O)OCc3ccccc3)C[C@H]3OC[C@@]53OC(C)=O)[C@H](CC(C)C)N2C(=O)OC(C)(C)C)c(OC)c1. The summed E-state index contributed by atoms with van der Waals surface area (Å²) in [5, 5.41) is 14.5. The van der Waals surface area contributed by atoms with Crippen LogP contribution >= 0.6 is 0 Å². The largest absolute Gasteiger partial charge is 0.509 e. The Labute approximate surface area is 505 Å². The third-order valence-corrected chi connectivity index (χ3v) is 17.5. The lowest BCUT2D eigenvalue weighted by Gasteiger charge is -2.67. The molecule has 12 atom stereocenters. The lowest BCUT2D eigenvalue weighted by atomic mass is 9.44. The molecule has 21 nitrogen and oxygen atoms in total. The summed E-state index contributed by atoms with van der Waals surface area (Å²) in [5.74, 6) is -5.04. The molecule has 2 aliphatic heterocycles. The zero-order valence-electron chi connectivity index (χ0n) is 51.1. The summed E-state index contributed by atoms with van der Waals surface area (Å²) in [7, 11) is 2.91. The minimum absolute atomic E-state index is 0.0188. The van der Waals surface area contributed by atoms with Gasteiger partial charge in [0.1, 0.15) is 60.3 Å². The number of aliphatic hydroxyl groups is 1. The van der Waals surface area contributed by atoms with Crippen molar-refractivity contribution in [3.63, 3.8) is 0 Å². The van der Waals surface area contributed by atoms with Gasteiger partial charge in [-0.1, -0.05) is 107 Å². The standard InChI is InChI=1S/C66H77NO20/c1-37(2)30-45-51(83-56(67(45)59(72)87-62(5,6)7)44-29-28-43(76-11)31-46(44)77-12)58(71)81-47-33-66(75)55(85-57(70)42-26-20-15-21-27-42)53-64(10,54(69)52(50(38(47)3)63(66,8)9)84-61(74)79-35-41-24-18-14-19-25-41)48(32-49-65(53,36-80-49)86-39(4)68)82-60(73)78-34-40-22-16-13-17-23-40/h13-29,31,37,45,47-49,51-53,55-56,75H,30,32-36H2,1-12H3/t45-,47-,48-,49+,51+,52+,53?,55-,56?,64+,65-,66+/m0/s1. The van der Waals surface area contributed by atoms with Crippen LogP contribution in [0.1, 0.15) is 122 Å². The molecule has 4 fully saturated rings. The van der Waals surface area contributed by atoms with Crippen LogP contribution in [-0.4, -0.2) is 132 Å². The van der Waals surface area contributed by atoms with Gasteiger partial charge in [0.15, 0.2) is 29.8 Å². The van der Waals surface area contributed by atoms with Crippen LogP contribution in [0.2, 0.25) is 0 Å². The lowest BCUT2D eigenvalue weighted by Crippen LogP contribution is -2.82. The monoisotopic (exact) mass is 1200 g/mol. The summed E-state index contributed by atoms with van der Waals surface area (Å²) in [6.07, 6.45) is -15.5. The minimum Gasteiger partial charge on any atom is -0.497 e. The molecule has 0 aromatic heterocycles. The highest BCUT2D eigenvalue weighted by Crippen LogP contribution is 2.65. The fourth-order valence-electron chi connectivity index (χ4n) is 13.3. The van der Waals surface area contributed by atoms with Crippen LogP contribution in [0.15, 0.2) is 120 Å². The van der Waals surface area contributed by atoms with Gasteiger partial charge in [-0.3, -0.25) is 14.5 Å². The van der Waals surface area contributed by atoms with Crippen molar-refractivity contribution in [3.8, 4) is 11.5 Å². The third kappa shape index (κ3) is 12.3. The van der Waals surface area contributed by atoms with Crippen molar-refractivity contribution in [1.82, 2.24) is 4.90 Å². The lowest BCUT2D eigenvalue weighted by molar-refractivity contribution is -0.346. The Morgan fingerprint density at radius 2 is 1.38 bits per heavy atom. The van der Waals surface area contributed by atoms with Crippen molar-refractivity contribution >= 4 is 42.1 Å². The van der Waals surface area contributed by atoms with E-state index in [1.165, 1.54) is 38.2 Å².